The van der Waals surface area contributed by atoms with E-state index in [9.17, 15) is 84.9 Å². The minimum absolute atomic E-state index is 0.00334. The minimum Gasteiger partial charge on any atom is -0.508 e. The Kier molecular flexibility index (Phi) is 25.4. The Balaban J connectivity index is 1.08. The zero-order chi connectivity index (χ0) is 67.1. The molecule has 3 aromatic rings. The monoisotopic (exact) mass is 1270 g/mol. The smallest absolute Gasteiger partial charge is 0.313 e. The molecule has 3 fully saturated rings. The summed E-state index contributed by atoms with van der Waals surface area (Å²) in [4.78, 5) is 73.1. The topological polar surface area (TPSA) is 343 Å². The maximum Gasteiger partial charge on any atom is 0.313 e. The third kappa shape index (κ3) is 19.6. The summed E-state index contributed by atoms with van der Waals surface area (Å²) in [7, 11) is 0. The van der Waals surface area contributed by atoms with Crippen molar-refractivity contribution in [3.63, 3.8) is 0 Å². The molecular formula is C72H104O19. The van der Waals surface area contributed by atoms with Gasteiger partial charge in [0.15, 0.2) is 11.5 Å². The second-order valence-corrected chi connectivity index (χ2v) is 28.9. The second kappa shape index (κ2) is 31.6. The van der Waals surface area contributed by atoms with E-state index in [1.165, 1.54) is 6.07 Å². The van der Waals surface area contributed by atoms with Gasteiger partial charge in [0.1, 0.15) is 46.0 Å². The quantitative estimate of drug-likeness (QED) is 0.0185. The van der Waals surface area contributed by atoms with Crippen LogP contribution in [0.4, 0.5) is 0 Å². The number of hydrogen-bond acceptors (Lipinski definition) is 13. The maximum atomic E-state index is 13.1. The SMILES string of the molecule is CC(C)(CCCCCc1cc(O)c(O)c(O)c1CCCCCC1(C(=O)O)CC1Oc1ccc(O)c(CCCCCC2(C(=O)O)CC2Oc2cc(O)cc(CCCCCC3(C(=O)O)CC3)c2CCCCCC(C)(C)C(=O)O)c1CCCCCC(C)(C)C(=O)O)C(=O)O. The predicted octanol–water partition coefficient (Wildman–Crippen LogP) is 14.9. The summed E-state index contributed by atoms with van der Waals surface area (Å²) in [6.07, 6.45) is 18.3. The van der Waals surface area contributed by atoms with Crippen LogP contribution in [-0.2, 0) is 67.3 Å². The molecule has 0 aliphatic heterocycles. The number of carbonyl (C=O) groups is 6. The lowest BCUT2D eigenvalue weighted by Gasteiger charge is -2.20. The van der Waals surface area contributed by atoms with Crippen molar-refractivity contribution in [3.05, 3.63) is 63.7 Å². The van der Waals surface area contributed by atoms with Crippen LogP contribution in [0.5, 0.6) is 40.2 Å². The average Bonchev–Trinajstić information content (AvgIpc) is 1.60. The molecule has 4 unspecified atom stereocenters. The van der Waals surface area contributed by atoms with Crippen molar-refractivity contribution in [3.8, 4) is 40.2 Å². The first kappa shape index (κ1) is 73.1. The van der Waals surface area contributed by atoms with Crippen LogP contribution in [-0.4, -0.2) is 104 Å². The molecule has 506 valence electrons. The van der Waals surface area contributed by atoms with E-state index in [0.29, 0.717) is 195 Å². The van der Waals surface area contributed by atoms with E-state index >= 15 is 0 Å². The van der Waals surface area contributed by atoms with Gasteiger partial charge in [-0.3, -0.25) is 28.8 Å². The highest BCUT2D eigenvalue weighted by atomic mass is 16.5. The van der Waals surface area contributed by atoms with Crippen molar-refractivity contribution < 1.29 is 94.4 Å². The van der Waals surface area contributed by atoms with Gasteiger partial charge in [0, 0.05) is 35.6 Å². The molecule has 11 N–H and O–H groups in total. The summed E-state index contributed by atoms with van der Waals surface area (Å²) in [6, 6.07) is 7.94. The maximum absolute atomic E-state index is 13.1. The van der Waals surface area contributed by atoms with E-state index in [0.717, 1.165) is 55.2 Å². The molecule has 0 saturated heterocycles. The van der Waals surface area contributed by atoms with Crippen molar-refractivity contribution in [2.24, 2.45) is 32.5 Å². The van der Waals surface area contributed by atoms with Crippen LogP contribution in [0.3, 0.4) is 0 Å². The van der Waals surface area contributed by atoms with E-state index in [1.807, 2.05) is 0 Å². The van der Waals surface area contributed by atoms with Gasteiger partial charge in [-0.1, -0.05) is 77.0 Å². The Morgan fingerprint density at radius 3 is 1.24 bits per heavy atom. The summed E-state index contributed by atoms with van der Waals surface area (Å²) in [5, 5.41) is 114. The van der Waals surface area contributed by atoms with Crippen molar-refractivity contribution >= 4 is 35.8 Å². The first-order chi connectivity index (χ1) is 42.8. The van der Waals surface area contributed by atoms with Crippen LogP contribution < -0.4 is 9.47 Å². The first-order valence-electron chi connectivity index (χ1n) is 33.5. The summed E-state index contributed by atoms with van der Waals surface area (Å²) < 4.78 is 13.2. The van der Waals surface area contributed by atoms with Gasteiger partial charge in [0.05, 0.1) is 21.7 Å². The van der Waals surface area contributed by atoms with Crippen molar-refractivity contribution in [2.45, 2.75) is 272 Å². The number of phenolic OH excluding ortho intramolecular Hbond substituents is 5. The van der Waals surface area contributed by atoms with Crippen LogP contribution in [0.15, 0.2) is 30.3 Å². The Morgan fingerprint density at radius 2 is 0.802 bits per heavy atom. The van der Waals surface area contributed by atoms with Crippen LogP contribution in [0.25, 0.3) is 0 Å². The number of aromatic hydroxyl groups is 5. The average molecular weight is 1270 g/mol. The molecule has 4 atom stereocenters. The molecule has 6 rings (SSSR count). The molecule has 3 aliphatic carbocycles. The predicted molar refractivity (Wildman–Crippen MR) is 342 cm³/mol. The molecule has 0 amide bonds. The molecule has 3 aromatic carbocycles. The lowest BCUT2D eigenvalue weighted by molar-refractivity contribution is -0.148. The number of aliphatic carboxylic acids is 6. The zero-order valence-electron chi connectivity index (χ0n) is 54.8. The van der Waals surface area contributed by atoms with Gasteiger partial charge in [0.2, 0.25) is 5.75 Å². The molecule has 91 heavy (non-hydrogen) atoms. The molecular weight excluding hydrogens is 1170 g/mol. The number of carboxylic acids is 6. The Bertz CT molecular complexity index is 3030. The molecule has 0 bridgehead atoms. The van der Waals surface area contributed by atoms with Gasteiger partial charge in [-0.2, -0.15) is 0 Å². The van der Waals surface area contributed by atoms with E-state index in [2.05, 4.69) is 0 Å². The van der Waals surface area contributed by atoms with Crippen molar-refractivity contribution in [2.75, 3.05) is 0 Å². The molecule has 19 nitrogen and oxygen atoms in total. The van der Waals surface area contributed by atoms with Crippen LogP contribution in [0.1, 0.15) is 255 Å². The number of benzene rings is 3. The summed E-state index contributed by atoms with van der Waals surface area (Å²) in [5.41, 5.74) is -1.19. The lowest BCUT2D eigenvalue weighted by atomic mass is 9.86. The summed E-state index contributed by atoms with van der Waals surface area (Å²) >= 11 is 0. The number of phenols is 5. The Morgan fingerprint density at radius 1 is 0.407 bits per heavy atom. The van der Waals surface area contributed by atoms with Gasteiger partial charge in [-0.05, 0) is 211 Å². The van der Waals surface area contributed by atoms with E-state index in [1.54, 1.807) is 65.8 Å². The molecule has 0 radical (unpaired) electrons. The van der Waals surface area contributed by atoms with Crippen LogP contribution >= 0.6 is 0 Å². The molecule has 0 heterocycles. The van der Waals surface area contributed by atoms with Crippen LogP contribution in [0.2, 0.25) is 0 Å². The number of ether oxygens (including phenoxy) is 2. The molecule has 0 spiro atoms. The molecule has 3 saturated carbocycles. The van der Waals surface area contributed by atoms with Crippen molar-refractivity contribution in [1.29, 1.82) is 0 Å². The van der Waals surface area contributed by atoms with E-state index in [4.69, 9.17) is 9.47 Å². The summed E-state index contributed by atoms with van der Waals surface area (Å²) in [6.45, 7) is 10.2. The first-order valence-corrected chi connectivity index (χ1v) is 33.5. The number of unbranched alkanes of at least 4 members (excludes halogenated alkanes) is 12. The fourth-order valence-corrected chi connectivity index (χ4v) is 13.2. The largest absolute Gasteiger partial charge is 0.508 e. The van der Waals surface area contributed by atoms with E-state index < -0.39 is 97.8 Å². The van der Waals surface area contributed by atoms with Crippen molar-refractivity contribution in [1.82, 2.24) is 0 Å². The van der Waals surface area contributed by atoms with E-state index in [-0.39, 0.29) is 24.3 Å². The zero-order valence-corrected chi connectivity index (χ0v) is 54.8. The number of carboxylic acid groups (broad SMARTS) is 6. The fourth-order valence-electron chi connectivity index (χ4n) is 13.2. The molecule has 19 heteroatoms. The third-order valence-electron chi connectivity index (χ3n) is 20.5. The number of aryl methyl sites for hydroxylation is 2. The number of hydrogen-bond donors (Lipinski definition) is 11. The highest BCUT2D eigenvalue weighted by Gasteiger charge is 2.63. The van der Waals surface area contributed by atoms with Crippen LogP contribution in [0, 0.1) is 32.5 Å². The summed E-state index contributed by atoms with van der Waals surface area (Å²) in [5.74, 6) is -5.78. The Labute approximate surface area is 536 Å². The molecule has 3 aliphatic rings. The standard InChI is InChI=1S/C72H104O19/c1-67(2,61(78)79)33-19-7-13-26-47-42-54(75)60(77)59(76)50(47)28-16-11-23-37-71(65(86)87)44-57(71)90-55-32-31-53(74)51(52(55)30-18-10-21-35-69(5,6)63(82)83)29-17-12-24-38-72(66(88)89)45-58(72)91-56-43-48(73)41-46(25-14-8-22-36-70(39-40-70)64(84)85)49(56)27-15-9-20-34-68(3,4)62(80)81/h31-32,41-43,57-58,73-77H,7-30,33-40,44-45H2,1-6H3,(H,78,79)(H,80,81)(H,82,83)(H,84,85)(H,86,87)(H,88,89). The number of rotatable bonds is 46. The Hall–Kier alpha value is -6.92. The highest BCUT2D eigenvalue weighted by Crippen LogP contribution is 2.56. The highest BCUT2D eigenvalue weighted by molar-refractivity contribution is 5.80. The molecule has 0 aromatic heterocycles. The van der Waals surface area contributed by atoms with Gasteiger partial charge in [-0.15, -0.1) is 0 Å². The van der Waals surface area contributed by atoms with Gasteiger partial charge >= 0.3 is 35.8 Å². The fraction of sp³-hybridized carbons (Fsp3) is 0.667. The second-order valence-electron chi connectivity index (χ2n) is 28.9. The normalized spacial score (nSPS) is 19.2. The third-order valence-corrected chi connectivity index (χ3v) is 20.5. The lowest BCUT2D eigenvalue weighted by Crippen LogP contribution is -2.23. The van der Waals surface area contributed by atoms with Gasteiger partial charge in [-0.25, -0.2) is 0 Å². The minimum atomic E-state index is -1.17. The van der Waals surface area contributed by atoms with Gasteiger partial charge < -0.3 is 65.6 Å². The van der Waals surface area contributed by atoms with Gasteiger partial charge in [0.25, 0.3) is 0 Å².